The molecule has 0 N–H and O–H groups in total. The first-order chi connectivity index (χ1) is 10.4. The summed E-state index contributed by atoms with van der Waals surface area (Å²) in [6.07, 6.45) is 3.81. The number of aryl methyl sites for hydroxylation is 1. The minimum Gasteiger partial charge on any atom is -0.305 e. The van der Waals surface area contributed by atoms with Crippen LogP contribution in [0.4, 0.5) is 0 Å². The molecule has 0 radical (unpaired) electrons. The standard InChI is InChI=1S/C20H27NS/c1-14-17-12-20(2,3)11-10-18(17)22-19(14)16-9-7-6-8-15(16)13-21(4)5/h6-9H,10-13H2,1-5H3. The normalized spacial score (nSPS) is 16.8. The van der Waals surface area contributed by atoms with Crippen LogP contribution in [0.1, 0.15) is 41.8 Å². The molecule has 0 fully saturated rings. The van der Waals surface area contributed by atoms with E-state index in [0.29, 0.717) is 5.41 Å². The van der Waals surface area contributed by atoms with Crippen molar-refractivity contribution in [1.82, 2.24) is 4.90 Å². The lowest BCUT2D eigenvalue weighted by Gasteiger charge is -2.29. The Balaban J connectivity index is 2.06. The molecule has 1 heterocycles. The van der Waals surface area contributed by atoms with Gasteiger partial charge in [0.25, 0.3) is 0 Å². The predicted molar refractivity (Wildman–Crippen MR) is 97.7 cm³/mol. The highest BCUT2D eigenvalue weighted by molar-refractivity contribution is 7.16. The van der Waals surface area contributed by atoms with E-state index in [0.717, 1.165) is 6.54 Å². The molecule has 2 aromatic rings. The number of hydrogen-bond donors (Lipinski definition) is 0. The molecule has 1 aromatic carbocycles. The number of fused-ring (bicyclic) bond motifs is 1. The molecule has 0 saturated heterocycles. The second-order valence-electron chi connectivity index (χ2n) is 7.69. The topological polar surface area (TPSA) is 3.24 Å². The maximum absolute atomic E-state index is 2.41. The third-order valence-electron chi connectivity index (χ3n) is 4.79. The van der Waals surface area contributed by atoms with Crippen molar-refractivity contribution in [3.8, 4) is 10.4 Å². The van der Waals surface area contributed by atoms with Crippen LogP contribution in [0.2, 0.25) is 0 Å². The Morgan fingerprint density at radius 1 is 1.18 bits per heavy atom. The van der Waals surface area contributed by atoms with Gasteiger partial charge in [-0.15, -0.1) is 11.3 Å². The van der Waals surface area contributed by atoms with Crippen molar-refractivity contribution in [2.24, 2.45) is 5.41 Å². The van der Waals surface area contributed by atoms with E-state index >= 15 is 0 Å². The van der Waals surface area contributed by atoms with Gasteiger partial charge in [-0.2, -0.15) is 0 Å². The Kier molecular flexibility index (Phi) is 4.17. The quantitative estimate of drug-likeness (QED) is 0.743. The Morgan fingerprint density at radius 2 is 1.91 bits per heavy atom. The van der Waals surface area contributed by atoms with Gasteiger partial charge in [-0.25, -0.2) is 0 Å². The van der Waals surface area contributed by atoms with Crippen molar-refractivity contribution in [2.45, 2.75) is 46.6 Å². The molecule has 0 bridgehead atoms. The third-order valence-corrected chi connectivity index (χ3v) is 6.21. The fourth-order valence-corrected chi connectivity index (χ4v) is 4.92. The molecule has 0 saturated carbocycles. The summed E-state index contributed by atoms with van der Waals surface area (Å²) in [5.41, 5.74) is 6.49. The van der Waals surface area contributed by atoms with E-state index in [4.69, 9.17) is 0 Å². The van der Waals surface area contributed by atoms with Crippen LogP contribution in [0, 0.1) is 12.3 Å². The summed E-state index contributed by atoms with van der Waals surface area (Å²) in [4.78, 5) is 5.39. The Morgan fingerprint density at radius 3 is 2.64 bits per heavy atom. The number of hydrogen-bond acceptors (Lipinski definition) is 2. The SMILES string of the molecule is Cc1c(-c2ccccc2CN(C)C)sc2c1CC(C)(C)CC2. The van der Waals surface area contributed by atoms with Crippen LogP contribution < -0.4 is 0 Å². The summed E-state index contributed by atoms with van der Waals surface area (Å²) in [6.45, 7) is 8.15. The zero-order valence-electron chi connectivity index (χ0n) is 14.5. The van der Waals surface area contributed by atoms with E-state index in [2.05, 4.69) is 64.0 Å². The maximum atomic E-state index is 2.41. The van der Waals surface area contributed by atoms with Gasteiger partial charge in [0.1, 0.15) is 0 Å². The third kappa shape index (κ3) is 3.00. The van der Waals surface area contributed by atoms with Crippen molar-refractivity contribution in [1.29, 1.82) is 0 Å². The van der Waals surface area contributed by atoms with E-state index in [1.54, 1.807) is 10.4 Å². The van der Waals surface area contributed by atoms with Crippen molar-refractivity contribution < 1.29 is 0 Å². The zero-order valence-corrected chi connectivity index (χ0v) is 15.3. The highest BCUT2D eigenvalue weighted by Crippen LogP contribution is 2.45. The van der Waals surface area contributed by atoms with Crippen LogP contribution in [-0.4, -0.2) is 19.0 Å². The van der Waals surface area contributed by atoms with Crippen LogP contribution in [0.15, 0.2) is 24.3 Å². The van der Waals surface area contributed by atoms with Gasteiger partial charge < -0.3 is 4.90 Å². The summed E-state index contributed by atoms with van der Waals surface area (Å²) in [5.74, 6) is 0. The van der Waals surface area contributed by atoms with Crippen LogP contribution in [0.25, 0.3) is 10.4 Å². The van der Waals surface area contributed by atoms with Gasteiger partial charge in [0.05, 0.1) is 0 Å². The lowest BCUT2D eigenvalue weighted by atomic mass is 9.76. The minimum atomic E-state index is 0.458. The van der Waals surface area contributed by atoms with Gasteiger partial charge in [-0.05, 0) is 68.0 Å². The molecule has 22 heavy (non-hydrogen) atoms. The lowest BCUT2D eigenvalue weighted by molar-refractivity contribution is 0.317. The molecule has 1 aliphatic carbocycles. The lowest BCUT2D eigenvalue weighted by Crippen LogP contribution is -2.21. The monoisotopic (exact) mass is 313 g/mol. The Hall–Kier alpha value is -1.12. The first-order valence-corrected chi connectivity index (χ1v) is 9.03. The zero-order chi connectivity index (χ0) is 15.9. The first kappa shape index (κ1) is 15.8. The largest absolute Gasteiger partial charge is 0.305 e. The number of nitrogens with zero attached hydrogens (tertiary/aromatic N) is 1. The summed E-state index contributed by atoms with van der Waals surface area (Å²) in [6, 6.07) is 8.91. The molecule has 1 aromatic heterocycles. The summed E-state index contributed by atoms with van der Waals surface area (Å²) in [5, 5.41) is 0. The van der Waals surface area contributed by atoms with Crippen molar-refractivity contribution >= 4 is 11.3 Å². The molecule has 1 aliphatic rings. The van der Waals surface area contributed by atoms with Crippen LogP contribution in [0.5, 0.6) is 0 Å². The molecule has 2 heteroatoms. The van der Waals surface area contributed by atoms with Crippen molar-refractivity contribution in [3.05, 3.63) is 45.8 Å². The Bertz CT molecular complexity index is 679. The molecule has 0 atom stereocenters. The molecule has 0 spiro atoms. The van der Waals surface area contributed by atoms with Crippen LogP contribution in [-0.2, 0) is 19.4 Å². The van der Waals surface area contributed by atoms with E-state index in [-0.39, 0.29) is 0 Å². The predicted octanol–water partition coefficient (Wildman–Crippen LogP) is 5.30. The molecule has 3 rings (SSSR count). The summed E-state index contributed by atoms with van der Waals surface area (Å²) < 4.78 is 0. The molecule has 0 unspecified atom stereocenters. The fourth-order valence-electron chi connectivity index (χ4n) is 3.54. The average molecular weight is 314 g/mol. The van der Waals surface area contributed by atoms with Crippen molar-refractivity contribution in [2.75, 3.05) is 14.1 Å². The maximum Gasteiger partial charge on any atom is 0.0380 e. The van der Waals surface area contributed by atoms with Crippen LogP contribution in [0.3, 0.4) is 0 Å². The van der Waals surface area contributed by atoms with E-state index in [9.17, 15) is 0 Å². The smallest absolute Gasteiger partial charge is 0.0380 e. The van der Waals surface area contributed by atoms with Gasteiger partial charge in [-0.1, -0.05) is 38.1 Å². The molecule has 1 nitrogen and oxygen atoms in total. The van der Waals surface area contributed by atoms with Gasteiger partial charge in [-0.3, -0.25) is 0 Å². The number of thiophene rings is 1. The number of benzene rings is 1. The minimum absolute atomic E-state index is 0.458. The second kappa shape index (κ2) is 5.82. The highest BCUT2D eigenvalue weighted by atomic mass is 32.1. The van der Waals surface area contributed by atoms with Gasteiger partial charge >= 0.3 is 0 Å². The first-order valence-electron chi connectivity index (χ1n) is 8.21. The molecular formula is C20H27NS. The van der Waals surface area contributed by atoms with Gasteiger partial charge in [0.2, 0.25) is 0 Å². The van der Waals surface area contributed by atoms with Crippen molar-refractivity contribution in [3.63, 3.8) is 0 Å². The molecular weight excluding hydrogens is 286 g/mol. The summed E-state index contributed by atoms with van der Waals surface area (Å²) >= 11 is 2.04. The van der Waals surface area contributed by atoms with E-state index in [1.807, 2.05) is 11.3 Å². The summed E-state index contributed by atoms with van der Waals surface area (Å²) in [7, 11) is 4.29. The number of rotatable bonds is 3. The average Bonchev–Trinajstić information content (AvgIpc) is 2.75. The van der Waals surface area contributed by atoms with Crippen LogP contribution >= 0.6 is 11.3 Å². The Labute approximate surface area is 139 Å². The van der Waals surface area contributed by atoms with Gasteiger partial charge in [0.15, 0.2) is 0 Å². The van der Waals surface area contributed by atoms with E-state index in [1.165, 1.54) is 40.8 Å². The fraction of sp³-hybridized carbons (Fsp3) is 0.500. The highest BCUT2D eigenvalue weighted by Gasteiger charge is 2.29. The molecule has 0 amide bonds. The molecule has 0 aliphatic heterocycles. The second-order valence-corrected chi connectivity index (χ2v) is 8.80. The molecule has 118 valence electrons. The van der Waals surface area contributed by atoms with Gasteiger partial charge in [0, 0.05) is 16.3 Å². The van der Waals surface area contributed by atoms with E-state index < -0.39 is 0 Å².